The minimum Gasteiger partial charge on any atom is -0.618 e. The van der Waals surface area contributed by atoms with Gasteiger partial charge in [0, 0.05) is 11.6 Å². The van der Waals surface area contributed by atoms with Gasteiger partial charge in [-0.1, -0.05) is 42.5 Å². The van der Waals surface area contributed by atoms with Crippen molar-refractivity contribution in [3.05, 3.63) is 72.1 Å². The lowest BCUT2D eigenvalue weighted by Crippen LogP contribution is -2.25. The first kappa shape index (κ1) is 11.1. The highest BCUT2D eigenvalue weighted by atomic mass is 16.5. The molecule has 0 aliphatic carbocycles. The van der Waals surface area contributed by atoms with Crippen molar-refractivity contribution in [2.45, 2.75) is 0 Å². The summed E-state index contributed by atoms with van der Waals surface area (Å²) in [5, 5.41) is 13.7. The number of rotatable bonds is 1. The minimum atomic E-state index is 0.619. The van der Waals surface area contributed by atoms with Gasteiger partial charge in [0.2, 0.25) is 5.52 Å². The smallest absolute Gasteiger partial charge is 0.227 e. The second-order valence-corrected chi connectivity index (χ2v) is 4.73. The summed E-state index contributed by atoms with van der Waals surface area (Å²) in [6.45, 7) is 0. The Hall–Kier alpha value is -2.81. The van der Waals surface area contributed by atoms with Crippen molar-refractivity contribution in [2.75, 3.05) is 0 Å². The maximum atomic E-state index is 12.0. The number of para-hydroxylation sites is 1. The highest BCUT2D eigenvalue weighted by Crippen LogP contribution is 2.30. The molecule has 4 aromatic rings. The number of hydrogen-bond donors (Lipinski definition) is 0. The maximum Gasteiger partial charge on any atom is 0.227 e. The SMILES string of the molecule is [O-][n+]1cc2cc(-c3ccccc3)oc2c2ccccc21. The number of nitrogens with zero attached hydrogens (tertiary/aromatic N) is 1. The van der Waals surface area contributed by atoms with Gasteiger partial charge in [0.1, 0.15) is 5.76 Å². The summed E-state index contributed by atoms with van der Waals surface area (Å²) in [4.78, 5) is 0. The quantitative estimate of drug-likeness (QED) is 0.385. The number of aromatic nitrogens is 1. The summed E-state index contributed by atoms with van der Waals surface area (Å²) in [5.41, 5.74) is 2.38. The Bertz CT molecular complexity index is 910. The molecular weight excluding hydrogens is 250 g/mol. The topological polar surface area (TPSA) is 40.1 Å². The number of benzene rings is 2. The van der Waals surface area contributed by atoms with Gasteiger partial charge in [-0.15, -0.1) is 0 Å². The van der Waals surface area contributed by atoms with E-state index >= 15 is 0 Å². The third kappa shape index (κ3) is 1.57. The van der Waals surface area contributed by atoms with Crippen LogP contribution in [0.4, 0.5) is 0 Å². The Morgan fingerprint density at radius 3 is 2.50 bits per heavy atom. The predicted octanol–water partition coefficient (Wildman–Crippen LogP) is 3.89. The molecule has 2 aromatic carbocycles. The summed E-state index contributed by atoms with van der Waals surface area (Å²) >= 11 is 0. The third-order valence-electron chi connectivity index (χ3n) is 3.46. The summed E-state index contributed by atoms with van der Waals surface area (Å²) in [7, 11) is 0. The molecule has 3 heteroatoms. The first-order chi connectivity index (χ1) is 9.83. The zero-order chi connectivity index (χ0) is 13.5. The Labute approximate surface area is 115 Å². The molecular formula is C17H11NO2. The Kier molecular flexibility index (Phi) is 2.27. The summed E-state index contributed by atoms with van der Waals surface area (Å²) in [6.07, 6.45) is 1.56. The first-order valence-electron chi connectivity index (χ1n) is 6.43. The number of pyridine rings is 1. The average Bonchev–Trinajstić information content (AvgIpc) is 2.93. The normalized spacial score (nSPS) is 11.2. The second-order valence-electron chi connectivity index (χ2n) is 4.73. The van der Waals surface area contributed by atoms with Crippen molar-refractivity contribution in [1.82, 2.24) is 0 Å². The molecule has 0 saturated heterocycles. The zero-order valence-electron chi connectivity index (χ0n) is 10.6. The van der Waals surface area contributed by atoms with E-state index in [9.17, 15) is 5.21 Å². The zero-order valence-corrected chi connectivity index (χ0v) is 10.6. The summed E-state index contributed by atoms with van der Waals surface area (Å²) < 4.78 is 6.86. The van der Waals surface area contributed by atoms with E-state index < -0.39 is 0 Å². The number of fused-ring (bicyclic) bond motifs is 3. The van der Waals surface area contributed by atoms with Gasteiger partial charge in [0.25, 0.3) is 0 Å². The Morgan fingerprint density at radius 1 is 0.900 bits per heavy atom. The van der Waals surface area contributed by atoms with Crippen LogP contribution >= 0.6 is 0 Å². The molecule has 2 aromatic heterocycles. The highest BCUT2D eigenvalue weighted by Gasteiger charge is 2.14. The van der Waals surface area contributed by atoms with E-state index in [1.165, 1.54) is 0 Å². The van der Waals surface area contributed by atoms with Gasteiger partial charge in [0.15, 0.2) is 11.8 Å². The average molecular weight is 261 g/mol. The van der Waals surface area contributed by atoms with Crippen LogP contribution in [-0.2, 0) is 0 Å². The fourth-order valence-electron chi connectivity index (χ4n) is 2.51. The summed E-state index contributed by atoms with van der Waals surface area (Å²) in [6, 6.07) is 19.3. The van der Waals surface area contributed by atoms with Crippen LogP contribution in [-0.4, -0.2) is 0 Å². The number of furan rings is 1. The van der Waals surface area contributed by atoms with E-state index in [2.05, 4.69) is 0 Å². The molecule has 0 atom stereocenters. The van der Waals surface area contributed by atoms with Crippen LogP contribution in [0.15, 0.2) is 71.3 Å². The van der Waals surface area contributed by atoms with Crippen LogP contribution < -0.4 is 4.73 Å². The molecule has 0 amide bonds. The molecule has 0 aliphatic heterocycles. The molecule has 0 N–H and O–H groups in total. The van der Waals surface area contributed by atoms with Crippen LogP contribution in [0.2, 0.25) is 0 Å². The molecule has 0 radical (unpaired) electrons. The largest absolute Gasteiger partial charge is 0.618 e. The van der Waals surface area contributed by atoms with E-state index in [0.29, 0.717) is 5.52 Å². The van der Waals surface area contributed by atoms with Gasteiger partial charge in [-0.2, -0.15) is 4.73 Å². The standard InChI is InChI=1S/C17H11NO2/c19-18-11-13-10-16(12-6-2-1-3-7-12)20-17(13)14-8-4-5-9-15(14)18/h1-11H. The molecule has 3 nitrogen and oxygen atoms in total. The van der Waals surface area contributed by atoms with Crippen LogP contribution in [0.1, 0.15) is 0 Å². The molecule has 0 unspecified atom stereocenters. The van der Waals surface area contributed by atoms with Crippen molar-refractivity contribution in [2.24, 2.45) is 0 Å². The summed E-state index contributed by atoms with van der Waals surface area (Å²) in [5.74, 6) is 0.775. The molecule has 96 valence electrons. The van der Waals surface area contributed by atoms with Crippen LogP contribution in [0.3, 0.4) is 0 Å². The van der Waals surface area contributed by atoms with Gasteiger partial charge in [-0.05, 0) is 12.1 Å². The second kappa shape index (κ2) is 4.10. The van der Waals surface area contributed by atoms with E-state index in [4.69, 9.17) is 4.42 Å². The van der Waals surface area contributed by atoms with Crippen molar-refractivity contribution >= 4 is 21.9 Å². The molecule has 0 bridgehead atoms. The fraction of sp³-hybridized carbons (Fsp3) is 0. The van der Waals surface area contributed by atoms with E-state index in [1.807, 2.05) is 54.6 Å². The molecule has 0 spiro atoms. The van der Waals surface area contributed by atoms with Gasteiger partial charge < -0.3 is 9.62 Å². The van der Waals surface area contributed by atoms with E-state index in [1.54, 1.807) is 12.3 Å². The van der Waals surface area contributed by atoms with Crippen molar-refractivity contribution in [3.8, 4) is 11.3 Å². The maximum absolute atomic E-state index is 12.0. The van der Waals surface area contributed by atoms with Gasteiger partial charge in [-0.3, -0.25) is 0 Å². The van der Waals surface area contributed by atoms with E-state index in [0.717, 1.165) is 32.4 Å². The fourth-order valence-corrected chi connectivity index (χ4v) is 2.51. The van der Waals surface area contributed by atoms with Gasteiger partial charge in [-0.25, -0.2) is 0 Å². The Morgan fingerprint density at radius 2 is 1.65 bits per heavy atom. The van der Waals surface area contributed by atoms with E-state index in [-0.39, 0.29) is 0 Å². The molecule has 0 fully saturated rings. The highest BCUT2D eigenvalue weighted by molar-refractivity contribution is 6.01. The number of hydrogen-bond acceptors (Lipinski definition) is 2. The van der Waals surface area contributed by atoms with Crippen LogP contribution in [0, 0.1) is 5.21 Å². The molecule has 4 rings (SSSR count). The first-order valence-corrected chi connectivity index (χ1v) is 6.43. The minimum absolute atomic E-state index is 0.619. The molecule has 2 heterocycles. The molecule has 0 saturated carbocycles. The molecule has 20 heavy (non-hydrogen) atoms. The Balaban J connectivity index is 2.07. The van der Waals surface area contributed by atoms with Crippen LogP contribution in [0.5, 0.6) is 0 Å². The van der Waals surface area contributed by atoms with Crippen molar-refractivity contribution in [1.29, 1.82) is 0 Å². The lowest BCUT2D eigenvalue weighted by Gasteiger charge is -2.01. The third-order valence-corrected chi connectivity index (χ3v) is 3.46. The monoisotopic (exact) mass is 261 g/mol. The van der Waals surface area contributed by atoms with Gasteiger partial charge >= 0.3 is 0 Å². The van der Waals surface area contributed by atoms with Crippen molar-refractivity contribution < 1.29 is 9.15 Å². The lowest BCUT2D eigenvalue weighted by atomic mass is 10.1. The molecule has 0 aliphatic rings. The van der Waals surface area contributed by atoms with Gasteiger partial charge in [0.05, 0.1) is 10.8 Å². The van der Waals surface area contributed by atoms with Crippen LogP contribution in [0.25, 0.3) is 33.2 Å². The van der Waals surface area contributed by atoms with Crippen molar-refractivity contribution in [3.63, 3.8) is 0 Å². The predicted molar refractivity (Wildman–Crippen MR) is 78.1 cm³/mol. The lowest BCUT2D eigenvalue weighted by molar-refractivity contribution is -0.575.